The van der Waals surface area contributed by atoms with Gasteiger partial charge in [0.2, 0.25) is 0 Å². The van der Waals surface area contributed by atoms with Gasteiger partial charge in [-0.1, -0.05) is 170 Å². The van der Waals surface area contributed by atoms with Crippen LogP contribution in [0.3, 0.4) is 0 Å². The van der Waals surface area contributed by atoms with Gasteiger partial charge in [-0.3, -0.25) is 0 Å². The van der Waals surface area contributed by atoms with Crippen LogP contribution in [-0.4, -0.2) is 15.0 Å². The molecule has 12 rings (SSSR count). The van der Waals surface area contributed by atoms with E-state index < -0.39 is 5.41 Å². The van der Waals surface area contributed by atoms with E-state index in [1.165, 1.54) is 43.8 Å². The number of nitrogens with zero attached hydrogens (tertiary/aromatic N) is 3. The zero-order chi connectivity index (χ0) is 38.2. The summed E-state index contributed by atoms with van der Waals surface area (Å²) in [6.07, 6.45) is 0. The maximum atomic E-state index is 6.87. The number of rotatable bonds is 4. The second-order valence-corrected chi connectivity index (χ2v) is 15.1. The van der Waals surface area contributed by atoms with Crippen LogP contribution in [0.15, 0.2) is 200 Å². The van der Waals surface area contributed by atoms with E-state index in [1.807, 2.05) is 24.3 Å². The molecule has 0 bridgehead atoms. The number of hydrogen-bond donors (Lipinski definition) is 0. The highest BCUT2D eigenvalue weighted by atomic mass is 16.5. The summed E-state index contributed by atoms with van der Waals surface area (Å²) in [5.41, 5.74) is 11.5. The van der Waals surface area contributed by atoms with Gasteiger partial charge in [0, 0.05) is 27.8 Å². The van der Waals surface area contributed by atoms with E-state index in [-0.39, 0.29) is 0 Å². The van der Waals surface area contributed by atoms with Gasteiger partial charge in [0.25, 0.3) is 0 Å². The summed E-state index contributed by atoms with van der Waals surface area (Å²) in [6, 6.07) is 70.7. The molecule has 1 unspecified atom stereocenters. The van der Waals surface area contributed by atoms with Crippen LogP contribution in [-0.2, 0) is 5.41 Å². The maximum absolute atomic E-state index is 6.87. The largest absolute Gasteiger partial charge is 0.457 e. The van der Waals surface area contributed by atoms with Crippen LogP contribution < -0.4 is 4.74 Å². The molecular weight excluding hydrogens is 707 g/mol. The minimum Gasteiger partial charge on any atom is -0.457 e. The van der Waals surface area contributed by atoms with Crippen molar-refractivity contribution in [2.75, 3.05) is 0 Å². The van der Waals surface area contributed by atoms with Crippen molar-refractivity contribution >= 4 is 21.5 Å². The second kappa shape index (κ2) is 12.7. The minimum atomic E-state index is -0.697. The summed E-state index contributed by atoms with van der Waals surface area (Å²) in [7, 11) is 0. The normalized spacial score (nSPS) is 14.8. The average Bonchev–Trinajstić information content (AvgIpc) is 3.61. The monoisotopic (exact) mass is 739 g/mol. The van der Waals surface area contributed by atoms with Gasteiger partial charge in [-0.2, -0.15) is 0 Å². The van der Waals surface area contributed by atoms with Crippen LogP contribution in [0.25, 0.3) is 78.0 Å². The molecule has 4 heteroatoms. The molecular formula is C54H33N3O. The van der Waals surface area contributed by atoms with Crippen molar-refractivity contribution in [3.8, 4) is 67.9 Å². The number of fused-ring (bicyclic) bond motifs is 14. The molecule has 1 aromatic heterocycles. The Morgan fingerprint density at radius 3 is 1.60 bits per heavy atom. The SMILES string of the molecule is c1ccc(-c2cccc(-c3nc(-c4ccccc4)nc(-c4ccc5c(c4)C4(c6ccccc6O5)c5ccccc5-c5c4c4ccccc4c4ccccc54)n3)c2)cc1. The Hall–Kier alpha value is -7.69. The standard InChI is InChI=1S/C54H33N3O/c1-3-16-34(17-4-1)36-20-15-21-37(32-36)52-55-51(35-18-5-2-6-19-35)56-53(57-52)38-30-31-48-46(33-38)54(45-28-13-14-29-47(45)58-48)44-27-12-11-26-43(44)49-41-24-9-7-22-39(41)40-23-8-10-25-42(40)50(49)54/h1-33H. The maximum Gasteiger partial charge on any atom is 0.164 e. The third-order valence-electron chi connectivity index (χ3n) is 12.0. The summed E-state index contributed by atoms with van der Waals surface area (Å²) >= 11 is 0. The molecule has 0 radical (unpaired) electrons. The summed E-state index contributed by atoms with van der Waals surface area (Å²) in [5, 5.41) is 4.96. The van der Waals surface area contributed by atoms with Gasteiger partial charge in [-0.25, -0.2) is 15.0 Å². The Labute approximate surface area is 335 Å². The molecule has 4 nitrogen and oxygen atoms in total. The first-order valence-electron chi connectivity index (χ1n) is 19.7. The summed E-state index contributed by atoms with van der Waals surface area (Å²) in [6.45, 7) is 0. The molecule has 58 heavy (non-hydrogen) atoms. The van der Waals surface area contributed by atoms with E-state index in [4.69, 9.17) is 19.7 Å². The fourth-order valence-electron chi connectivity index (χ4n) is 9.53. The van der Waals surface area contributed by atoms with E-state index in [9.17, 15) is 0 Å². The van der Waals surface area contributed by atoms with E-state index in [1.54, 1.807) is 0 Å². The van der Waals surface area contributed by atoms with Crippen molar-refractivity contribution in [3.05, 3.63) is 222 Å². The molecule has 0 fully saturated rings. The first-order valence-corrected chi connectivity index (χ1v) is 19.7. The summed E-state index contributed by atoms with van der Waals surface area (Å²) in [4.78, 5) is 15.6. The van der Waals surface area contributed by atoms with E-state index in [2.05, 4.69) is 176 Å². The lowest BCUT2D eigenvalue weighted by atomic mass is 9.64. The van der Waals surface area contributed by atoms with Crippen molar-refractivity contribution in [2.45, 2.75) is 5.41 Å². The van der Waals surface area contributed by atoms with Gasteiger partial charge < -0.3 is 4.74 Å². The molecule has 9 aromatic carbocycles. The van der Waals surface area contributed by atoms with Crippen molar-refractivity contribution in [1.29, 1.82) is 0 Å². The molecule has 1 spiro atoms. The van der Waals surface area contributed by atoms with Crippen LogP contribution in [0.1, 0.15) is 22.3 Å². The van der Waals surface area contributed by atoms with Crippen molar-refractivity contribution < 1.29 is 4.74 Å². The molecule has 10 aromatic rings. The van der Waals surface area contributed by atoms with Crippen molar-refractivity contribution in [3.63, 3.8) is 0 Å². The number of para-hydroxylation sites is 1. The second-order valence-electron chi connectivity index (χ2n) is 15.1. The molecule has 2 heterocycles. The van der Waals surface area contributed by atoms with Crippen LogP contribution in [0.5, 0.6) is 11.5 Å². The molecule has 270 valence electrons. The van der Waals surface area contributed by atoms with Crippen LogP contribution in [0, 0.1) is 0 Å². The average molecular weight is 740 g/mol. The number of hydrogen-bond acceptors (Lipinski definition) is 4. The molecule has 0 N–H and O–H groups in total. The van der Waals surface area contributed by atoms with Gasteiger partial charge in [-0.05, 0) is 85.3 Å². The number of ether oxygens (including phenoxy) is 1. The van der Waals surface area contributed by atoms with Gasteiger partial charge in [0.05, 0.1) is 5.41 Å². The zero-order valence-corrected chi connectivity index (χ0v) is 31.3. The third kappa shape index (κ3) is 4.72. The molecule has 1 aliphatic heterocycles. The van der Waals surface area contributed by atoms with Gasteiger partial charge in [-0.15, -0.1) is 0 Å². The van der Waals surface area contributed by atoms with E-state index >= 15 is 0 Å². The highest BCUT2D eigenvalue weighted by molar-refractivity contribution is 6.19. The topological polar surface area (TPSA) is 47.9 Å². The van der Waals surface area contributed by atoms with Crippen LogP contribution in [0.4, 0.5) is 0 Å². The lowest BCUT2D eigenvalue weighted by Crippen LogP contribution is -2.32. The van der Waals surface area contributed by atoms with Crippen LogP contribution in [0.2, 0.25) is 0 Å². The Balaban J connectivity index is 1.15. The minimum absolute atomic E-state index is 0.598. The van der Waals surface area contributed by atoms with E-state index in [0.29, 0.717) is 17.5 Å². The lowest BCUT2D eigenvalue weighted by molar-refractivity contribution is 0.437. The number of benzene rings is 9. The Bertz CT molecular complexity index is 3270. The molecule has 2 aliphatic rings. The zero-order valence-electron chi connectivity index (χ0n) is 31.3. The van der Waals surface area contributed by atoms with Crippen molar-refractivity contribution in [1.82, 2.24) is 15.0 Å². The molecule has 1 atom stereocenters. The predicted molar refractivity (Wildman–Crippen MR) is 234 cm³/mol. The van der Waals surface area contributed by atoms with E-state index in [0.717, 1.165) is 50.4 Å². The van der Waals surface area contributed by atoms with Gasteiger partial charge in [0.1, 0.15) is 11.5 Å². The lowest BCUT2D eigenvalue weighted by Gasteiger charge is -2.40. The Kier molecular flexibility index (Phi) is 7.11. The Morgan fingerprint density at radius 2 is 0.845 bits per heavy atom. The fraction of sp³-hybridized carbons (Fsp3) is 0.0185. The molecule has 0 amide bonds. The van der Waals surface area contributed by atoms with Crippen LogP contribution >= 0.6 is 0 Å². The summed E-state index contributed by atoms with van der Waals surface area (Å²) < 4.78 is 6.87. The highest BCUT2D eigenvalue weighted by Gasteiger charge is 2.52. The highest BCUT2D eigenvalue weighted by Crippen LogP contribution is 2.65. The Morgan fingerprint density at radius 1 is 0.328 bits per heavy atom. The smallest absolute Gasteiger partial charge is 0.164 e. The summed E-state index contributed by atoms with van der Waals surface area (Å²) in [5.74, 6) is 3.50. The van der Waals surface area contributed by atoms with Gasteiger partial charge >= 0.3 is 0 Å². The molecule has 1 aliphatic carbocycles. The first-order chi connectivity index (χ1) is 28.8. The number of aromatic nitrogens is 3. The fourth-order valence-corrected chi connectivity index (χ4v) is 9.53. The van der Waals surface area contributed by atoms with Crippen molar-refractivity contribution in [2.24, 2.45) is 0 Å². The molecule has 0 saturated heterocycles. The first kappa shape index (κ1) is 32.5. The van der Waals surface area contributed by atoms with Gasteiger partial charge in [0.15, 0.2) is 17.5 Å². The predicted octanol–water partition coefficient (Wildman–Crippen LogP) is 13.3. The molecule has 0 saturated carbocycles. The quantitative estimate of drug-likeness (QED) is 0.169. The third-order valence-corrected chi connectivity index (χ3v) is 12.0.